The first-order valence-corrected chi connectivity index (χ1v) is 9.97. The van der Waals surface area contributed by atoms with Crippen molar-refractivity contribution < 1.29 is 14.3 Å². The van der Waals surface area contributed by atoms with Gasteiger partial charge in [-0.3, -0.25) is 9.59 Å². The highest BCUT2D eigenvalue weighted by Gasteiger charge is 2.47. The molecule has 2 aromatic rings. The van der Waals surface area contributed by atoms with Crippen LogP contribution in [0.2, 0.25) is 5.02 Å². The van der Waals surface area contributed by atoms with E-state index in [1.54, 1.807) is 18.2 Å². The molecule has 0 N–H and O–H groups in total. The van der Waals surface area contributed by atoms with Crippen molar-refractivity contribution in [3.63, 3.8) is 0 Å². The van der Waals surface area contributed by atoms with Gasteiger partial charge in [-0.15, -0.1) is 0 Å². The Labute approximate surface area is 169 Å². The predicted molar refractivity (Wildman–Crippen MR) is 106 cm³/mol. The van der Waals surface area contributed by atoms with E-state index in [0.29, 0.717) is 22.1 Å². The third kappa shape index (κ3) is 3.21. The maximum atomic E-state index is 12.9. The van der Waals surface area contributed by atoms with Crippen LogP contribution in [-0.2, 0) is 16.0 Å². The van der Waals surface area contributed by atoms with E-state index in [4.69, 9.17) is 21.6 Å². The third-order valence-electron chi connectivity index (χ3n) is 5.91. The molecule has 3 atom stereocenters. The first-order chi connectivity index (χ1) is 13.5. The van der Waals surface area contributed by atoms with Crippen LogP contribution in [0.3, 0.4) is 0 Å². The molecule has 0 radical (unpaired) electrons. The fourth-order valence-corrected chi connectivity index (χ4v) is 4.64. The van der Waals surface area contributed by atoms with Gasteiger partial charge in [-0.1, -0.05) is 24.6 Å². The standard InChI is InChI=1S/C23H20ClNO3/c1-2-13-5-7-17(28-18-8-6-16(12-25)20(24)11-18)10-19(13)21-22(26)14-3-4-15(9-14)23(21)27/h5-8,10-11,14-15,21H,2-4,9H2,1H3/t14-,15+,21?. The van der Waals surface area contributed by atoms with Crippen molar-refractivity contribution in [2.24, 2.45) is 11.8 Å². The molecule has 0 aromatic heterocycles. The fraction of sp³-hybridized carbons (Fsp3) is 0.348. The molecule has 1 unspecified atom stereocenters. The van der Waals surface area contributed by atoms with Gasteiger partial charge in [-0.05, 0) is 61.1 Å². The highest BCUT2D eigenvalue weighted by Crippen LogP contribution is 2.45. The Hall–Kier alpha value is -2.64. The molecule has 0 amide bonds. The molecule has 4 rings (SSSR count). The smallest absolute Gasteiger partial charge is 0.150 e. The van der Waals surface area contributed by atoms with E-state index < -0.39 is 5.92 Å². The summed E-state index contributed by atoms with van der Waals surface area (Å²) in [7, 11) is 0. The Kier molecular flexibility index (Phi) is 4.95. The van der Waals surface area contributed by atoms with Crippen LogP contribution in [-0.4, -0.2) is 11.6 Å². The molecule has 0 spiro atoms. The SMILES string of the molecule is CCc1ccc(Oc2ccc(C#N)c(Cl)c2)cc1C1C(=O)[C@@H]2CC[C@@H](C2)C1=O. The minimum absolute atomic E-state index is 0.0133. The van der Waals surface area contributed by atoms with Crippen molar-refractivity contribution in [3.05, 3.63) is 58.1 Å². The third-order valence-corrected chi connectivity index (χ3v) is 6.23. The summed E-state index contributed by atoms with van der Waals surface area (Å²) in [5.74, 6) is 0.527. The summed E-state index contributed by atoms with van der Waals surface area (Å²) in [6, 6.07) is 12.5. The molecule has 2 fully saturated rings. The number of hydrogen-bond donors (Lipinski definition) is 0. The number of aryl methyl sites for hydroxylation is 1. The molecule has 0 saturated heterocycles. The number of carbonyl (C=O) groups excluding carboxylic acids is 2. The number of hydrogen-bond acceptors (Lipinski definition) is 4. The van der Waals surface area contributed by atoms with Crippen LogP contribution in [0.15, 0.2) is 36.4 Å². The van der Waals surface area contributed by atoms with Crippen molar-refractivity contribution in [1.82, 2.24) is 0 Å². The molecule has 5 heteroatoms. The number of nitrogens with zero attached hydrogens (tertiary/aromatic N) is 1. The molecule has 2 saturated carbocycles. The number of halogens is 1. The Morgan fingerprint density at radius 3 is 2.32 bits per heavy atom. The van der Waals surface area contributed by atoms with E-state index in [0.717, 1.165) is 36.8 Å². The number of fused-ring (bicyclic) bond motifs is 2. The van der Waals surface area contributed by atoms with E-state index in [1.165, 1.54) is 0 Å². The minimum atomic E-state index is -0.672. The lowest BCUT2D eigenvalue weighted by molar-refractivity contribution is -0.135. The van der Waals surface area contributed by atoms with Crippen molar-refractivity contribution in [2.45, 2.75) is 38.5 Å². The van der Waals surface area contributed by atoms with Crippen molar-refractivity contribution >= 4 is 23.2 Å². The number of ether oxygens (including phenoxy) is 1. The van der Waals surface area contributed by atoms with Crippen LogP contribution in [0.5, 0.6) is 11.5 Å². The van der Waals surface area contributed by atoms with Crippen LogP contribution >= 0.6 is 11.6 Å². The number of ketones is 2. The van der Waals surface area contributed by atoms with E-state index in [-0.39, 0.29) is 23.4 Å². The summed E-state index contributed by atoms with van der Waals surface area (Å²) >= 11 is 6.08. The summed E-state index contributed by atoms with van der Waals surface area (Å²) in [6.07, 6.45) is 3.11. The summed E-state index contributed by atoms with van der Waals surface area (Å²) in [5.41, 5.74) is 2.15. The second-order valence-electron chi connectivity index (χ2n) is 7.51. The van der Waals surface area contributed by atoms with E-state index in [2.05, 4.69) is 0 Å². The summed E-state index contributed by atoms with van der Waals surface area (Å²) in [5, 5.41) is 9.31. The molecule has 2 aromatic carbocycles. The van der Waals surface area contributed by atoms with Gasteiger partial charge in [0.15, 0.2) is 11.6 Å². The number of rotatable bonds is 4. The van der Waals surface area contributed by atoms with E-state index >= 15 is 0 Å². The normalized spacial score (nSPS) is 23.5. The van der Waals surface area contributed by atoms with Crippen LogP contribution in [0.25, 0.3) is 0 Å². The van der Waals surface area contributed by atoms with Gasteiger partial charge < -0.3 is 4.74 Å². The Morgan fingerprint density at radius 2 is 1.71 bits per heavy atom. The number of benzene rings is 2. The van der Waals surface area contributed by atoms with Crippen LogP contribution < -0.4 is 4.74 Å². The predicted octanol–water partition coefficient (Wildman–Crippen LogP) is 5.22. The summed E-state index contributed by atoms with van der Waals surface area (Å²) in [4.78, 5) is 25.9. The summed E-state index contributed by atoms with van der Waals surface area (Å²) < 4.78 is 5.91. The molecule has 4 nitrogen and oxygen atoms in total. The average molecular weight is 394 g/mol. The van der Waals surface area contributed by atoms with Gasteiger partial charge in [0.2, 0.25) is 0 Å². The lowest BCUT2D eigenvalue weighted by Crippen LogP contribution is -2.35. The Bertz CT molecular complexity index is 985. The molecular weight excluding hydrogens is 374 g/mol. The molecule has 142 valence electrons. The van der Waals surface area contributed by atoms with Crippen LogP contribution in [0, 0.1) is 23.2 Å². The van der Waals surface area contributed by atoms with E-state index in [1.807, 2.05) is 31.2 Å². The number of nitriles is 1. The Balaban J connectivity index is 1.69. The van der Waals surface area contributed by atoms with Gasteiger partial charge in [0.1, 0.15) is 23.5 Å². The lowest BCUT2D eigenvalue weighted by Gasteiger charge is -2.27. The van der Waals surface area contributed by atoms with E-state index in [9.17, 15) is 9.59 Å². The monoisotopic (exact) mass is 393 g/mol. The number of Topliss-reactive ketones (excluding diaryl/α,β-unsaturated/α-hetero) is 2. The van der Waals surface area contributed by atoms with Gasteiger partial charge in [0.25, 0.3) is 0 Å². The van der Waals surface area contributed by atoms with Crippen LogP contribution in [0.1, 0.15) is 48.8 Å². The second kappa shape index (κ2) is 7.41. The first-order valence-electron chi connectivity index (χ1n) is 9.59. The fourth-order valence-electron chi connectivity index (χ4n) is 4.43. The van der Waals surface area contributed by atoms with Crippen LogP contribution in [0.4, 0.5) is 0 Å². The zero-order valence-electron chi connectivity index (χ0n) is 15.6. The lowest BCUT2D eigenvalue weighted by atomic mass is 9.74. The quantitative estimate of drug-likeness (QED) is 0.668. The molecule has 2 bridgehead atoms. The van der Waals surface area contributed by atoms with Crippen molar-refractivity contribution in [1.29, 1.82) is 5.26 Å². The van der Waals surface area contributed by atoms with Gasteiger partial charge in [0, 0.05) is 17.9 Å². The minimum Gasteiger partial charge on any atom is -0.457 e. The molecular formula is C23H20ClNO3. The van der Waals surface area contributed by atoms with Gasteiger partial charge in [0.05, 0.1) is 10.6 Å². The highest BCUT2D eigenvalue weighted by molar-refractivity contribution is 6.31. The molecule has 28 heavy (non-hydrogen) atoms. The molecule has 0 heterocycles. The van der Waals surface area contributed by atoms with Gasteiger partial charge in [-0.25, -0.2) is 0 Å². The van der Waals surface area contributed by atoms with Crippen molar-refractivity contribution in [2.75, 3.05) is 0 Å². The largest absolute Gasteiger partial charge is 0.457 e. The summed E-state index contributed by atoms with van der Waals surface area (Å²) in [6.45, 7) is 2.02. The Morgan fingerprint density at radius 1 is 1.07 bits per heavy atom. The second-order valence-corrected chi connectivity index (χ2v) is 7.92. The first kappa shape index (κ1) is 18.7. The molecule has 0 aliphatic heterocycles. The van der Waals surface area contributed by atoms with Gasteiger partial charge >= 0.3 is 0 Å². The average Bonchev–Trinajstić information content (AvgIpc) is 3.14. The highest BCUT2D eigenvalue weighted by atomic mass is 35.5. The topological polar surface area (TPSA) is 67.2 Å². The van der Waals surface area contributed by atoms with Gasteiger partial charge in [-0.2, -0.15) is 5.26 Å². The molecule has 2 aliphatic carbocycles. The van der Waals surface area contributed by atoms with Crippen molar-refractivity contribution in [3.8, 4) is 17.6 Å². The number of carbonyl (C=O) groups is 2. The zero-order chi connectivity index (χ0) is 19.8. The molecule has 2 aliphatic rings. The maximum absolute atomic E-state index is 12.9. The maximum Gasteiger partial charge on any atom is 0.150 e. The zero-order valence-corrected chi connectivity index (χ0v) is 16.3.